The summed E-state index contributed by atoms with van der Waals surface area (Å²) in [5, 5.41) is 3.02. The van der Waals surface area contributed by atoms with Crippen molar-refractivity contribution in [2.24, 2.45) is 11.8 Å². The van der Waals surface area contributed by atoms with Crippen molar-refractivity contribution in [3.63, 3.8) is 0 Å². The van der Waals surface area contributed by atoms with Crippen LogP contribution in [0, 0.1) is 11.8 Å². The first-order chi connectivity index (χ1) is 14.1. The van der Waals surface area contributed by atoms with Crippen molar-refractivity contribution in [1.82, 2.24) is 9.80 Å². The van der Waals surface area contributed by atoms with E-state index in [4.69, 9.17) is 0 Å². The molecule has 2 saturated heterocycles. The van der Waals surface area contributed by atoms with Crippen molar-refractivity contribution >= 4 is 23.2 Å². The van der Waals surface area contributed by atoms with Crippen molar-refractivity contribution in [3.8, 4) is 0 Å². The molecule has 6 nitrogen and oxygen atoms in total. The van der Waals surface area contributed by atoms with E-state index in [-0.39, 0.29) is 23.7 Å². The van der Waals surface area contributed by atoms with Gasteiger partial charge < -0.3 is 20.0 Å². The Balaban J connectivity index is 1.29. The summed E-state index contributed by atoms with van der Waals surface area (Å²) in [4.78, 5) is 32.3. The number of nitrogens with zero attached hydrogens (tertiary/aromatic N) is 3. The molecule has 6 heteroatoms. The lowest BCUT2D eigenvalue weighted by Gasteiger charge is -2.35. The third-order valence-electron chi connectivity index (χ3n) is 6.83. The Kier molecular flexibility index (Phi) is 6.09. The van der Waals surface area contributed by atoms with Crippen LogP contribution in [-0.2, 0) is 9.59 Å². The van der Waals surface area contributed by atoms with E-state index >= 15 is 0 Å². The maximum Gasteiger partial charge on any atom is 0.228 e. The summed E-state index contributed by atoms with van der Waals surface area (Å²) in [5.41, 5.74) is 2.02. The first-order valence-electron chi connectivity index (χ1n) is 11.2. The maximum atomic E-state index is 12.9. The summed E-state index contributed by atoms with van der Waals surface area (Å²) in [6, 6.07) is 8.47. The highest BCUT2D eigenvalue weighted by atomic mass is 16.2. The Labute approximate surface area is 174 Å². The minimum absolute atomic E-state index is 0.0132. The van der Waals surface area contributed by atoms with Crippen LogP contribution in [0.15, 0.2) is 24.3 Å². The van der Waals surface area contributed by atoms with E-state index < -0.39 is 0 Å². The average molecular weight is 399 g/mol. The van der Waals surface area contributed by atoms with Gasteiger partial charge in [-0.25, -0.2) is 0 Å². The predicted molar refractivity (Wildman–Crippen MR) is 116 cm³/mol. The Hall–Kier alpha value is -2.08. The van der Waals surface area contributed by atoms with Gasteiger partial charge in [0.1, 0.15) is 0 Å². The first-order valence-corrected chi connectivity index (χ1v) is 11.2. The number of benzene rings is 1. The number of carbonyl (C=O) groups is 2. The molecule has 1 aromatic carbocycles. The largest absolute Gasteiger partial charge is 0.369 e. The van der Waals surface area contributed by atoms with Crippen LogP contribution in [-0.4, -0.2) is 67.4 Å². The predicted octanol–water partition coefficient (Wildman–Crippen LogP) is 2.80. The molecule has 1 aromatic rings. The second-order valence-corrected chi connectivity index (χ2v) is 8.86. The van der Waals surface area contributed by atoms with Gasteiger partial charge in [0.2, 0.25) is 11.8 Å². The Bertz CT molecular complexity index is 727. The summed E-state index contributed by atoms with van der Waals surface area (Å²) in [6.45, 7) is 7.22. The number of anilines is 2. The molecule has 0 aromatic heterocycles. The average Bonchev–Trinajstić information content (AvgIpc) is 3.55. The molecule has 2 aliphatic heterocycles. The molecule has 3 fully saturated rings. The summed E-state index contributed by atoms with van der Waals surface area (Å²) >= 11 is 0. The van der Waals surface area contributed by atoms with E-state index in [0.717, 1.165) is 57.7 Å². The molecule has 4 rings (SSSR count). The van der Waals surface area contributed by atoms with Crippen molar-refractivity contribution in [2.45, 2.75) is 45.1 Å². The van der Waals surface area contributed by atoms with Crippen molar-refractivity contribution in [3.05, 3.63) is 24.3 Å². The zero-order valence-electron chi connectivity index (χ0n) is 17.8. The Morgan fingerprint density at radius 3 is 2.41 bits per heavy atom. The first kappa shape index (κ1) is 20.2. The number of rotatable bonds is 5. The fourth-order valence-electron chi connectivity index (χ4n) is 4.74. The normalized spacial score (nSPS) is 27.6. The van der Waals surface area contributed by atoms with Crippen LogP contribution in [0.3, 0.4) is 0 Å². The minimum atomic E-state index is -0.167. The highest BCUT2D eigenvalue weighted by molar-refractivity contribution is 5.99. The number of piperidine rings is 1. The van der Waals surface area contributed by atoms with Gasteiger partial charge in [-0.2, -0.15) is 0 Å². The number of hydrogen-bond acceptors (Lipinski definition) is 4. The molecule has 0 radical (unpaired) electrons. The molecule has 1 N–H and O–H groups in total. The number of amides is 2. The fourth-order valence-corrected chi connectivity index (χ4v) is 4.74. The van der Waals surface area contributed by atoms with E-state index in [0.29, 0.717) is 12.5 Å². The Morgan fingerprint density at radius 1 is 1.00 bits per heavy atom. The second-order valence-electron chi connectivity index (χ2n) is 8.86. The number of carbonyl (C=O) groups excluding carboxylic acids is 2. The van der Waals surface area contributed by atoms with Gasteiger partial charge in [-0.15, -0.1) is 0 Å². The number of nitrogens with one attached hydrogen (secondary N) is 1. The van der Waals surface area contributed by atoms with Gasteiger partial charge in [-0.1, -0.05) is 6.92 Å². The van der Waals surface area contributed by atoms with Crippen molar-refractivity contribution < 1.29 is 9.59 Å². The van der Waals surface area contributed by atoms with Gasteiger partial charge >= 0.3 is 0 Å². The maximum absolute atomic E-state index is 12.9. The molecule has 29 heavy (non-hydrogen) atoms. The third-order valence-corrected chi connectivity index (χ3v) is 6.83. The van der Waals surface area contributed by atoms with E-state index in [1.165, 1.54) is 12.1 Å². The SMILES string of the molecule is CCC1CCCCN1C(=O)C1CC1C(=O)Nc1ccc(N2CCN(C)CC2)cc1. The number of piperazine rings is 1. The molecule has 158 valence electrons. The van der Waals surface area contributed by atoms with E-state index in [1.54, 1.807) is 0 Å². The van der Waals surface area contributed by atoms with E-state index in [2.05, 4.69) is 41.2 Å². The molecule has 3 aliphatic rings. The standard InChI is InChI=1S/C23H34N4O2/c1-3-18-6-4-5-11-27(18)23(29)21-16-20(21)22(28)24-17-7-9-19(10-8-17)26-14-12-25(2)13-15-26/h7-10,18,20-21H,3-6,11-16H2,1-2H3,(H,24,28). The van der Waals surface area contributed by atoms with Crippen LogP contribution in [0.4, 0.5) is 11.4 Å². The molecule has 0 spiro atoms. The highest BCUT2D eigenvalue weighted by Crippen LogP contribution is 2.42. The summed E-state index contributed by atoms with van der Waals surface area (Å²) in [6.07, 6.45) is 5.10. The van der Waals surface area contributed by atoms with Gasteiger partial charge in [0.15, 0.2) is 0 Å². The quantitative estimate of drug-likeness (QED) is 0.829. The minimum Gasteiger partial charge on any atom is -0.369 e. The molecule has 2 amide bonds. The molecule has 0 bridgehead atoms. The number of hydrogen-bond donors (Lipinski definition) is 1. The van der Waals surface area contributed by atoms with Crippen LogP contribution < -0.4 is 10.2 Å². The van der Waals surface area contributed by atoms with Gasteiger partial charge in [0, 0.05) is 50.1 Å². The van der Waals surface area contributed by atoms with E-state index in [1.807, 2.05) is 17.0 Å². The highest BCUT2D eigenvalue weighted by Gasteiger charge is 2.50. The molecule has 2 heterocycles. The van der Waals surface area contributed by atoms with Gasteiger partial charge in [0.25, 0.3) is 0 Å². The molecule has 3 atom stereocenters. The summed E-state index contributed by atoms with van der Waals surface area (Å²) in [5.74, 6) is -0.103. The molecular formula is C23H34N4O2. The lowest BCUT2D eigenvalue weighted by atomic mass is 9.99. The second kappa shape index (κ2) is 8.74. The van der Waals surface area contributed by atoms with Gasteiger partial charge in [-0.3, -0.25) is 9.59 Å². The smallest absolute Gasteiger partial charge is 0.228 e. The van der Waals surface area contributed by atoms with Crippen LogP contribution in [0.2, 0.25) is 0 Å². The Morgan fingerprint density at radius 2 is 1.72 bits per heavy atom. The molecule has 1 saturated carbocycles. The van der Waals surface area contributed by atoms with E-state index in [9.17, 15) is 9.59 Å². The zero-order chi connectivity index (χ0) is 20.4. The third kappa shape index (κ3) is 4.58. The van der Waals surface area contributed by atoms with Crippen LogP contribution in [0.25, 0.3) is 0 Å². The molecular weight excluding hydrogens is 364 g/mol. The zero-order valence-corrected chi connectivity index (χ0v) is 17.8. The summed E-state index contributed by atoms with van der Waals surface area (Å²) in [7, 11) is 2.15. The lowest BCUT2D eigenvalue weighted by molar-refractivity contribution is -0.137. The molecule has 1 aliphatic carbocycles. The van der Waals surface area contributed by atoms with Crippen molar-refractivity contribution in [1.29, 1.82) is 0 Å². The summed E-state index contributed by atoms with van der Waals surface area (Å²) < 4.78 is 0. The topological polar surface area (TPSA) is 55.9 Å². The monoisotopic (exact) mass is 398 g/mol. The van der Waals surface area contributed by atoms with Gasteiger partial charge in [-0.05, 0) is 63.4 Å². The number of likely N-dealkylation sites (tertiary alicyclic amines) is 1. The lowest BCUT2D eigenvalue weighted by Crippen LogP contribution is -2.44. The van der Waals surface area contributed by atoms with Crippen LogP contribution in [0.5, 0.6) is 0 Å². The van der Waals surface area contributed by atoms with Crippen molar-refractivity contribution in [2.75, 3.05) is 50.0 Å². The van der Waals surface area contributed by atoms with Crippen LogP contribution in [0.1, 0.15) is 39.0 Å². The van der Waals surface area contributed by atoms with Gasteiger partial charge in [0.05, 0.1) is 11.8 Å². The fraction of sp³-hybridized carbons (Fsp3) is 0.652. The van der Waals surface area contributed by atoms with Crippen LogP contribution >= 0.6 is 0 Å². The molecule has 3 unspecified atom stereocenters. The number of likely N-dealkylation sites (N-methyl/N-ethyl adjacent to an activating group) is 1.